The van der Waals surface area contributed by atoms with Crippen LogP contribution >= 0.6 is 11.6 Å². The molecule has 1 aromatic heterocycles. The Bertz CT molecular complexity index is 1000. The molecule has 2 aromatic carbocycles. The van der Waals surface area contributed by atoms with E-state index in [0.717, 1.165) is 29.5 Å². The maximum absolute atomic E-state index is 13.5. The number of hydrogen-bond donors (Lipinski definition) is 1. The van der Waals surface area contributed by atoms with Gasteiger partial charge in [-0.25, -0.2) is 9.37 Å². The minimum atomic E-state index is -0.303. The quantitative estimate of drug-likeness (QED) is 0.461. The average Bonchev–Trinajstić information content (AvgIpc) is 2.77. The van der Waals surface area contributed by atoms with Gasteiger partial charge in [0.2, 0.25) is 0 Å². The summed E-state index contributed by atoms with van der Waals surface area (Å²) in [5.74, 6) is 0.988. The lowest BCUT2D eigenvalue weighted by atomic mass is 9.98. The zero-order chi connectivity index (χ0) is 21.7. The summed E-state index contributed by atoms with van der Waals surface area (Å²) in [5, 5.41) is 0.502. The number of halogens is 2. The van der Waals surface area contributed by atoms with Gasteiger partial charge < -0.3 is 15.2 Å². The molecule has 0 spiro atoms. The molecule has 3 rings (SSSR count). The van der Waals surface area contributed by atoms with Crippen LogP contribution in [-0.2, 0) is 6.54 Å². The molecule has 30 heavy (non-hydrogen) atoms. The van der Waals surface area contributed by atoms with Crippen LogP contribution in [0, 0.1) is 5.82 Å². The second-order valence-corrected chi connectivity index (χ2v) is 7.35. The highest BCUT2D eigenvalue weighted by molar-refractivity contribution is 6.33. The predicted octanol–water partition coefficient (Wildman–Crippen LogP) is 6.24. The van der Waals surface area contributed by atoms with Crippen molar-refractivity contribution >= 4 is 11.6 Å². The maximum atomic E-state index is 13.5. The van der Waals surface area contributed by atoms with E-state index in [0.29, 0.717) is 27.9 Å². The van der Waals surface area contributed by atoms with E-state index in [2.05, 4.69) is 13.8 Å². The monoisotopic (exact) mass is 428 g/mol. The van der Waals surface area contributed by atoms with Gasteiger partial charge in [-0.3, -0.25) is 0 Å². The van der Waals surface area contributed by atoms with E-state index >= 15 is 0 Å². The zero-order valence-electron chi connectivity index (χ0n) is 17.4. The van der Waals surface area contributed by atoms with E-state index in [1.54, 1.807) is 25.3 Å². The van der Waals surface area contributed by atoms with Gasteiger partial charge in [-0.15, -0.1) is 0 Å². The van der Waals surface area contributed by atoms with Crippen LogP contribution in [0.5, 0.6) is 11.5 Å². The molecule has 1 heterocycles. The highest BCUT2D eigenvalue weighted by Gasteiger charge is 2.19. The van der Waals surface area contributed by atoms with Gasteiger partial charge in [0.05, 0.1) is 29.6 Å². The first-order valence-electron chi connectivity index (χ1n) is 10.0. The number of nitrogens with two attached hydrogens (primary N) is 1. The molecule has 0 bridgehead atoms. The van der Waals surface area contributed by atoms with E-state index in [1.807, 2.05) is 18.2 Å². The standard InChI is InChI=1S/C24H26ClFN2O2/c1-4-17(5-2)30-23-13-20(15-6-8-16(26)9-7-15)24(28-22(23)14-27)19-11-10-18(29-3)12-21(19)25/h6-13,17H,4-5,14,27H2,1-3H3. The van der Waals surface area contributed by atoms with Crippen LogP contribution < -0.4 is 15.2 Å². The highest BCUT2D eigenvalue weighted by atomic mass is 35.5. The van der Waals surface area contributed by atoms with Crippen LogP contribution in [-0.4, -0.2) is 18.2 Å². The minimum Gasteiger partial charge on any atom is -0.497 e. The molecule has 158 valence electrons. The average molecular weight is 429 g/mol. The Balaban J connectivity index is 2.22. The molecule has 6 heteroatoms. The number of hydrogen-bond acceptors (Lipinski definition) is 4. The number of pyridine rings is 1. The lowest BCUT2D eigenvalue weighted by Gasteiger charge is -2.21. The molecule has 0 aliphatic carbocycles. The molecular weight excluding hydrogens is 403 g/mol. The lowest BCUT2D eigenvalue weighted by molar-refractivity contribution is 0.190. The number of rotatable bonds is 8. The third kappa shape index (κ3) is 4.74. The first-order chi connectivity index (χ1) is 14.5. The highest BCUT2D eigenvalue weighted by Crippen LogP contribution is 2.39. The Kier molecular flexibility index (Phi) is 7.29. The molecule has 0 radical (unpaired) electrons. The van der Waals surface area contributed by atoms with Gasteiger partial charge in [-0.05, 0) is 54.8 Å². The van der Waals surface area contributed by atoms with Crippen molar-refractivity contribution in [1.29, 1.82) is 0 Å². The van der Waals surface area contributed by atoms with Gasteiger partial charge in [0.1, 0.15) is 17.3 Å². The van der Waals surface area contributed by atoms with Gasteiger partial charge in [0.25, 0.3) is 0 Å². The smallest absolute Gasteiger partial charge is 0.143 e. The van der Waals surface area contributed by atoms with Crippen molar-refractivity contribution in [2.24, 2.45) is 5.73 Å². The van der Waals surface area contributed by atoms with Crippen molar-refractivity contribution in [3.63, 3.8) is 0 Å². The van der Waals surface area contributed by atoms with Gasteiger partial charge in [0, 0.05) is 17.7 Å². The first kappa shape index (κ1) is 22.1. The Hall–Kier alpha value is -2.63. The summed E-state index contributed by atoms with van der Waals surface area (Å²) in [7, 11) is 1.59. The van der Waals surface area contributed by atoms with Gasteiger partial charge in [-0.1, -0.05) is 37.6 Å². The van der Waals surface area contributed by atoms with Crippen LogP contribution in [0.2, 0.25) is 5.02 Å². The SMILES string of the molecule is CCC(CC)Oc1cc(-c2ccc(F)cc2)c(-c2ccc(OC)cc2Cl)nc1CN. The molecule has 0 fully saturated rings. The molecule has 4 nitrogen and oxygen atoms in total. The van der Waals surface area contributed by atoms with Gasteiger partial charge >= 0.3 is 0 Å². The topological polar surface area (TPSA) is 57.4 Å². The minimum absolute atomic E-state index is 0.0635. The summed E-state index contributed by atoms with van der Waals surface area (Å²) in [6.07, 6.45) is 1.81. The summed E-state index contributed by atoms with van der Waals surface area (Å²) in [5.41, 5.74) is 9.65. The fourth-order valence-electron chi connectivity index (χ4n) is 3.29. The van der Waals surface area contributed by atoms with Crippen LogP contribution in [0.3, 0.4) is 0 Å². The third-order valence-corrected chi connectivity index (χ3v) is 5.36. The van der Waals surface area contributed by atoms with Gasteiger partial charge in [0.15, 0.2) is 0 Å². The number of benzene rings is 2. The van der Waals surface area contributed by atoms with E-state index in [1.165, 1.54) is 12.1 Å². The van der Waals surface area contributed by atoms with Crippen molar-refractivity contribution in [2.45, 2.75) is 39.3 Å². The van der Waals surface area contributed by atoms with E-state index in [-0.39, 0.29) is 18.5 Å². The molecule has 0 saturated heterocycles. The number of aromatic nitrogens is 1. The molecule has 0 atom stereocenters. The summed E-state index contributed by atoms with van der Waals surface area (Å²) >= 11 is 6.55. The van der Waals surface area contributed by atoms with E-state index in [9.17, 15) is 4.39 Å². The van der Waals surface area contributed by atoms with Crippen LogP contribution in [0.15, 0.2) is 48.5 Å². The van der Waals surface area contributed by atoms with Crippen LogP contribution in [0.1, 0.15) is 32.4 Å². The largest absolute Gasteiger partial charge is 0.497 e. The van der Waals surface area contributed by atoms with Crippen molar-refractivity contribution in [3.05, 3.63) is 65.1 Å². The molecule has 0 aliphatic heterocycles. The fraction of sp³-hybridized carbons (Fsp3) is 0.292. The summed E-state index contributed by atoms with van der Waals surface area (Å²) in [6, 6.07) is 13.6. The summed E-state index contributed by atoms with van der Waals surface area (Å²) in [6.45, 7) is 4.38. The normalized spacial score (nSPS) is 11.0. The fourth-order valence-corrected chi connectivity index (χ4v) is 3.55. The van der Waals surface area contributed by atoms with E-state index in [4.69, 9.17) is 31.8 Å². The Morgan fingerprint density at radius 2 is 1.73 bits per heavy atom. The first-order valence-corrected chi connectivity index (χ1v) is 10.4. The van der Waals surface area contributed by atoms with Gasteiger partial charge in [-0.2, -0.15) is 0 Å². The Morgan fingerprint density at radius 1 is 1.03 bits per heavy atom. The molecule has 0 aliphatic rings. The Labute approximate surface area is 181 Å². The molecular formula is C24H26ClFN2O2. The second-order valence-electron chi connectivity index (χ2n) is 6.94. The second kappa shape index (κ2) is 9.92. The molecule has 3 aromatic rings. The third-order valence-electron chi connectivity index (χ3n) is 5.05. The van der Waals surface area contributed by atoms with Crippen molar-refractivity contribution in [3.8, 4) is 33.9 Å². The lowest BCUT2D eigenvalue weighted by Crippen LogP contribution is -2.16. The summed E-state index contributed by atoms with van der Waals surface area (Å²) in [4.78, 5) is 4.83. The molecule has 0 unspecified atom stereocenters. The number of ether oxygens (including phenoxy) is 2. The summed E-state index contributed by atoms with van der Waals surface area (Å²) < 4.78 is 25.0. The zero-order valence-corrected chi connectivity index (χ0v) is 18.2. The van der Waals surface area contributed by atoms with Crippen LogP contribution in [0.25, 0.3) is 22.4 Å². The van der Waals surface area contributed by atoms with Crippen molar-refractivity contribution in [1.82, 2.24) is 4.98 Å². The molecule has 0 amide bonds. The van der Waals surface area contributed by atoms with Crippen molar-refractivity contribution < 1.29 is 13.9 Å². The number of nitrogens with zero attached hydrogens (tertiary/aromatic N) is 1. The predicted molar refractivity (Wildman–Crippen MR) is 120 cm³/mol. The van der Waals surface area contributed by atoms with Crippen molar-refractivity contribution in [2.75, 3.05) is 7.11 Å². The molecule has 0 saturated carbocycles. The maximum Gasteiger partial charge on any atom is 0.143 e. The molecule has 2 N–H and O–H groups in total. The van der Waals surface area contributed by atoms with Crippen LogP contribution in [0.4, 0.5) is 4.39 Å². The van der Waals surface area contributed by atoms with E-state index < -0.39 is 0 Å². The Morgan fingerprint density at radius 3 is 2.30 bits per heavy atom. The number of methoxy groups -OCH3 is 1.